The number of hydrogen-bond donors (Lipinski definition) is 1. The molecule has 120 valence electrons. The van der Waals surface area contributed by atoms with E-state index in [9.17, 15) is 0 Å². The molecule has 1 aromatic carbocycles. The Morgan fingerprint density at radius 1 is 1.19 bits per heavy atom. The molecule has 21 heavy (non-hydrogen) atoms. The van der Waals surface area contributed by atoms with Gasteiger partial charge in [-0.3, -0.25) is 0 Å². The Kier molecular flexibility index (Phi) is 8.04. The molecule has 0 aromatic heterocycles. The van der Waals surface area contributed by atoms with E-state index in [2.05, 4.69) is 26.1 Å². The molecule has 1 N–H and O–H groups in total. The number of nitrogens with one attached hydrogen (secondary N) is 1. The fraction of sp³-hybridized carbons (Fsp3) is 0.647. The maximum Gasteiger partial charge on any atom is 0.0807 e. The third-order valence-corrected chi connectivity index (χ3v) is 4.72. The maximum atomic E-state index is 6.13. The van der Waals surface area contributed by atoms with Gasteiger partial charge in [-0.05, 0) is 57.4 Å². The second kappa shape index (κ2) is 8.99. The summed E-state index contributed by atoms with van der Waals surface area (Å²) >= 11 is 12.1. The fourth-order valence-corrected chi connectivity index (χ4v) is 2.82. The number of hydrogen-bond acceptors (Lipinski definition) is 2. The van der Waals surface area contributed by atoms with Crippen molar-refractivity contribution in [3.05, 3.63) is 33.8 Å². The molecule has 0 saturated carbocycles. The summed E-state index contributed by atoms with van der Waals surface area (Å²) in [6.45, 7) is 10.3. The Morgan fingerprint density at radius 3 is 2.43 bits per heavy atom. The van der Waals surface area contributed by atoms with Crippen molar-refractivity contribution in [1.82, 2.24) is 5.32 Å². The minimum Gasteiger partial charge on any atom is -0.374 e. The Morgan fingerprint density at radius 2 is 1.90 bits per heavy atom. The fourth-order valence-electron chi connectivity index (χ4n) is 2.50. The van der Waals surface area contributed by atoms with Gasteiger partial charge in [-0.2, -0.15) is 0 Å². The largest absolute Gasteiger partial charge is 0.374 e. The quantitative estimate of drug-likeness (QED) is 0.678. The van der Waals surface area contributed by atoms with Crippen LogP contribution in [-0.4, -0.2) is 24.8 Å². The average Bonchev–Trinajstić information content (AvgIpc) is 2.47. The molecule has 0 radical (unpaired) electrons. The molecule has 0 fully saturated rings. The van der Waals surface area contributed by atoms with Crippen LogP contribution in [0.3, 0.4) is 0 Å². The van der Waals surface area contributed by atoms with Gasteiger partial charge < -0.3 is 10.1 Å². The smallest absolute Gasteiger partial charge is 0.0807 e. The highest BCUT2D eigenvalue weighted by Gasteiger charge is 2.32. The Labute approximate surface area is 139 Å². The van der Waals surface area contributed by atoms with E-state index in [4.69, 9.17) is 27.9 Å². The number of benzene rings is 1. The van der Waals surface area contributed by atoms with Crippen LogP contribution in [0.15, 0.2) is 18.2 Å². The third kappa shape index (κ3) is 5.45. The number of rotatable bonds is 9. The first-order chi connectivity index (χ1) is 9.96. The molecule has 0 aliphatic rings. The summed E-state index contributed by atoms with van der Waals surface area (Å²) in [4.78, 5) is 0. The van der Waals surface area contributed by atoms with Gasteiger partial charge in [0.25, 0.3) is 0 Å². The van der Waals surface area contributed by atoms with E-state index in [1.807, 2.05) is 25.1 Å². The summed E-state index contributed by atoms with van der Waals surface area (Å²) in [5.41, 5.74) is 0.994. The van der Waals surface area contributed by atoms with E-state index in [-0.39, 0.29) is 11.6 Å². The van der Waals surface area contributed by atoms with E-state index in [1.54, 1.807) is 0 Å². The summed E-state index contributed by atoms with van der Waals surface area (Å²) < 4.78 is 6.04. The minimum absolute atomic E-state index is 0.184. The predicted molar refractivity (Wildman–Crippen MR) is 92.6 cm³/mol. The summed E-state index contributed by atoms with van der Waals surface area (Å²) in [7, 11) is 0. The van der Waals surface area contributed by atoms with Gasteiger partial charge in [0.1, 0.15) is 0 Å². The zero-order chi connectivity index (χ0) is 15.9. The molecule has 1 rings (SSSR count). The van der Waals surface area contributed by atoms with E-state index in [1.165, 1.54) is 5.56 Å². The van der Waals surface area contributed by atoms with Gasteiger partial charge in [0.2, 0.25) is 0 Å². The van der Waals surface area contributed by atoms with Crippen LogP contribution in [0.25, 0.3) is 0 Å². The van der Waals surface area contributed by atoms with Gasteiger partial charge in [0, 0.05) is 12.6 Å². The molecular formula is C17H27Cl2NO. The molecule has 0 heterocycles. The SMILES string of the molecule is CCCNC(Cc1ccc(Cl)c(Cl)c1)C(C)(CC)OCC. The summed E-state index contributed by atoms with van der Waals surface area (Å²) in [6, 6.07) is 6.10. The molecule has 2 unspecified atom stereocenters. The van der Waals surface area contributed by atoms with Crippen LogP contribution >= 0.6 is 23.2 Å². The second-order valence-corrected chi connectivity index (χ2v) is 6.37. The molecule has 0 aliphatic carbocycles. The summed E-state index contributed by atoms with van der Waals surface area (Å²) in [5, 5.41) is 4.84. The van der Waals surface area contributed by atoms with Crippen molar-refractivity contribution in [2.45, 2.75) is 58.6 Å². The Balaban J connectivity index is 2.93. The molecular weight excluding hydrogens is 305 g/mol. The minimum atomic E-state index is -0.184. The highest BCUT2D eigenvalue weighted by atomic mass is 35.5. The van der Waals surface area contributed by atoms with Crippen LogP contribution in [0.5, 0.6) is 0 Å². The van der Waals surface area contributed by atoms with Crippen LogP contribution in [0.1, 0.15) is 46.1 Å². The summed E-state index contributed by atoms with van der Waals surface area (Å²) in [6.07, 6.45) is 2.94. The van der Waals surface area contributed by atoms with Gasteiger partial charge in [-0.15, -0.1) is 0 Å². The van der Waals surface area contributed by atoms with E-state index in [0.29, 0.717) is 10.0 Å². The first-order valence-electron chi connectivity index (χ1n) is 7.78. The van der Waals surface area contributed by atoms with Crippen LogP contribution in [0, 0.1) is 0 Å². The lowest BCUT2D eigenvalue weighted by molar-refractivity contribution is -0.0549. The first-order valence-corrected chi connectivity index (χ1v) is 8.53. The highest BCUT2D eigenvalue weighted by molar-refractivity contribution is 6.42. The summed E-state index contributed by atoms with van der Waals surface area (Å²) in [5.74, 6) is 0. The monoisotopic (exact) mass is 331 g/mol. The Hall–Kier alpha value is -0.280. The second-order valence-electron chi connectivity index (χ2n) is 5.56. The van der Waals surface area contributed by atoms with Crippen molar-refractivity contribution in [2.24, 2.45) is 0 Å². The third-order valence-electron chi connectivity index (χ3n) is 3.98. The molecule has 1 aromatic rings. The molecule has 4 heteroatoms. The zero-order valence-electron chi connectivity index (χ0n) is 13.5. The molecule has 0 amide bonds. The van der Waals surface area contributed by atoms with Gasteiger partial charge >= 0.3 is 0 Å². The number of halogens is 2. The molecule has 0 aliphatic heterocycles. The molecule has 0 saturated heterocycles. The van der Waals surface area contributed by atoms with Crippen LogP contribution in [-0.2, 0) is 11.2 Å². The van der Waals surface area contributed by atoms with Crippen molar-refractivity contribution in [3.8, 4) is 0 Å². The van der Waals surface area contributed by atoms with Crippen molar-refractivity contribution in [3.63, 3.8) is 0 Å². The lowest BCUT2D eigenvalue weighted by atomic mass is 9.88. The molecule has 2 nitrogen and oxygen atoms in total. The normalized spacial score (nSPS) is 15.7. The van der Waals surface area contributed by atoms with E-state index >= 15 is 0 Å². The van der Waals surface area contributed by atoms with Crippen molar-refractivity contribution in [2.75, 3.05) is 13.2 Å². The first kappa shape index (κ1) is 18.8. The number of ether oxygens (including phenoxy) is 1. The van der Waals surface area contributed by atoms with E-state index < -0.39 is 0 Å². The van der Waals surface area contributed by atoms with Crippen LogP contribution in [0.2, 0.25) is 10.0 Å². The predicted octanol–water partition coefficient (Wildman–Crippen LogP) is 5.11. The van der Waals surface area contributed by atoms with Crippen molar-refractivity contribution < 1.29 is 4.74 Å². The Bertz CT molecular complexity index is 439. The standard InChI is InChI=1S/C17H27Cl2NO/c1-5-10-20-16(17(4,6-2)21-7-3)12-13-8-9-14(18)15(19)11-13/h8-9,11,16,20H,5-7,10,12H2,1-4H3. The molecule has 2 atom stereocenters. The van der Waals surface area contributed by atoms with Crippen molar-refractivity contribution >= 4 is 23.2 Å². The van der Waals surface area contributed by atoms with Crippen molar-refractivity contribution in [1.29, 1.82) is 0 Å². The maximum absolute atomic E-state index is 6.13. The topological polar surface area (TPSA) is 21.3 Å². The molecule has 0 spiro atoms. The van der Waals surface area contributed by atoms with Gasteiger partial charge in [0.05, 0.1) is 15.6 Å². The average molecular weight is 332 g/mol. The highest BCUT2D eigenvalue weighted by Crippen LogP contribution is 2.27. The van der Waals surface area contributed by atoms with E-state index in [0.717, 1.165) is 32.4 Å². The van der Waals surface area contributed by atoms with Gasteiger partial charge in [-0.1, -0.05) is 43.1 Å². The van der Waals surface area contributed by atoms with Crippen LogP contribution < -0.4 is 5.32 Å². The zero-order valence-corrected chi connectivity index (χ0v) is 15.0. The molecule has 0 bridgehead atoms. The lowest BCUT2D eigenvalue weighted by Gasteiger charge is -2.37. The van der Waals surface area contributed by atoms with Crippen LogP contribution in [0.4, 0.5) is 0 Å². The lowest BCUT2D eigenvalue weighted by Crippen LogP contribution is -2.51. The van der Waals surface area contributed by atoms with Gasteiger partial charge in [-0.25, -0.2) is 0 Å². The van der Waals surface area contributed by atoms with Gasteiger partial charge in [0.15, 0.2) is 0 Å².